The summed E-state index contributed by atoms with van der Waals surface area (Å²) in [6, 6.07) is 5.60. The van der Waals surface area contributed by atoms with Crippen molar-refractivity contribution in [1.82, 2.24) is 0 Å². The molecule has 1 aromatic carbocycles. The third-order valence-electron chi connectivity index (χ3n) is 2.11. The van der Waals surface area contributed by atoms with Gasteiger partial charge < -0.3 is 14.6 Å². The van der Waals surface area contributed by atoms with E-state index in [4.69, 9.17) is 14.6 Å². The van der Waals surface area contributed by atoms with Gasteiger partial charge in [0.15, 0.2) is 11.5 Å². The second kappa shape index (κ2) is 6.76. The molecule has 0 spiro atoms. The summed E-state index contributed by atoms with van der Waals surface area (Å²) in [5.41, 5.74) is 0.953. The fourth-order valence-corrected chi connectivity index (χ4v) is 1.31. The minimum absolute atomic E-state index is 0.444. The van der Waals surface area contributed by atoms with Crippen LogP contribution in [0.2, 0.25) is 0 Å². The van der Waals surface area contributed by atoms with Gasteiger partial charge in [-0.15, -0.1) is 0 Å². The van der Waals surface area contributed by atoms with Crippen LogP contribution in [0.4, 0.5) is 0 Å². The van der Waals surface area contributed by atoms with Crippen molar-refractivity contribution in [3.63, 3.8) is 0 Å². The van der Waals surface area contributed by atoms with E-state index in [-0.39, 0.29) is 0 Å². The molecule has 1 N–H and O–H groups in total. The van der Waals surface area contributed by atoms with Crippen LogP contribution < -0.4 is 9.47 Å². The number of aliphatic hydroxyl groups is 1. The number of rotatable bonds is 6. The molecule has 17 heavy (non-hydrogen) atoms. The number of methoxy groups -OCH3 is 1. The zero-order valence-electron chi connectivity index (χ0n) is 10.2. The van der Waals surface area contributed by atoms with Gasteiger partial charge in [0, 0.05) is 0 Å². The summed E-state index contributed by atoms with van der Waals surface area (Å²) >= 11 is 0. The SMILES string of the molecule is C=CCOc1ccc(/C=C/C(C)O)cc1OC. The Morgan fingerprint density at radius 3 is 2.76 bits per heavy atom. The normalized spacial score (nSPS) is 12.4. The third kappa shape index (κ3) is 4.33. The van der Waals surface area contributed by atoms with E-state index in [1.165, 1.54) is 0 Å². The quantitative estimate of drug-likeness (QED) is 0.769. The van der Waals surface area contributed by atoms with Crippen LogP contribution in [0.5, 0.6) is 11.5 Å². The van der Waals surface area contributed by atoms with Crippen molar-refractivity contribution in [1.29, 1.82) is 0 Å². The molecule has 92 valence electrons. The molecule has 0 radical (unpaired) electrons. The molecule has 3 nitrogen and oxygen atoms in total. The topological polar surface area (TPSA) is 38.7 Å². The molecule has 1 aromatic rings. The lowest BCUT2D eigenvalue weighted by atomic mass is 10.1. The highest BCUT2D eigenvalue weighted by Crippen LogP contribution is 2.28. The number of ether oxygens (including phenoxy) is 2. The van der Waals surface area contributed by atoms with Crippen molar-refractivity contribution in [2.75, 3.05) is 13.7 Å². The fraction of sp³-hybridized carbons (Fsp3) is 0.286. The second-order valence-corrected chi connectivity index (χ2v) is 3.61. The molecule has 1 atom stereocenters. The Kier molecular flexibility index (Phi) is 5.30. The summed E-state index contributed by atoms with van der Waals surface area (Å²) in [6.07, 6.45) is 4.77. The van der Waals surface area contributed by atoms with Crippen LogP contribution in [0.3, 0.4) is 0 Å². The van der Waals surface area contributed by atoms with Crippen LogP contribution in [0.1, 0.15) is 12.5 Å². The molecule has 0 fully saturated rings. The molecule has 0 aliphatic carbocycles. The maximum atomic E-state index is 9.16. The van der Waals surface area contributed by atoms with Crippen LogP contribution in [0.15, 0.2) is 36.9 Å². The predicted molar refractivity (Wildman–Crippen MR) is 69.4 cm³/mol. The number of hydrogen-bond donors (Lipinski definition) is 1. The van der Waals surface area contributed by atoms with E-state index in [0.717, 1.165) is 5.56 Å². The van der Waals surface area contributed by atoms with E-state index in [0.29, 0.717) is 18.1 Å². The lowest BCUT2D eigenvalue weighted by molar-refractivity contribution is 0.245. The number of hydrogen-bond acceptors (Lipinski definition) is 3. The van der Waals surface area contributed by atoms with Gasteiger partial charge in [0.05, 0.1) is 13.2 Å². The van der Waals surface area contributed by atoms with Gasteiger partial charge in [0.1, 0.15) is 6.61 Å². The van der Waals surface area contributed by atoms with E-state index in [1.54, 1.807) is 26.2 Å². The van der Waals surface area contributed by atoms with Gasteiger partial charge in [-0.05, 0) is 24.6 Å². The van der Waals surface area contributed by atoms with Crippen LogP contribution >= 0.6 is 0 Å². The Balaban J connectivity index is 2.87. The average Bonchev–Trinajstić information content (AvgIpc) is 2.34. The Morgan fingerprint density at radius 1 is 1.41 bits per heavy atom. The molecule has 0 heterocycles. The minimum atomic E-state index is -0.460. The number of benzene rings is 1. The molecule has 0 aromatic heterocycles. The summed E-state index contributed by atoms with van der Waals surface area (Å²) in [5.74, 6) is 1.35. The van der Waals surface area contributed by atoms with Gasteiger partial charge >= 0.3 is 0 Å². The molecule has 0 saturated carbocycles. The van der Waals surface area contributed by atoms with Gasteiger partial charge in [-0.2, -0.15) is 0 Å². The smallest absolute Gasteiger partial charge is 0.161 e. The van der Waals surface area contributed by atoms with Gasteiger partial charge in [-0.3, -0.25) is 0 Å². The van der Waals surface area contributed by atoms with Crippen LogP contribution in [0, 0.1) is 0 Å². The lowest BCUT2D eigenvalue weighted by Crippen LogP contribution is -1.96. The molecular weight excluding hydrogens is 216 g/mol. The largest absolute Gasteiger partial charge is 0.493 e. The summed E-state index contributed by atoms with van der Waals surface area (Å²) < 4.78 is 10.7. The lowest BCUT2D eigenvalue weighted by Gasteiger charge is -2.09. The number of aliphatic hydroxyl groups excluding tert-OH is 1. The van der Waals surface area contributed by atoms with E-state index in [1.807, 2.05) is 24.3 Å². The first-order chi connectivity index (χ1) is 8.17. The maximum Gasteiger partial charge on any atom is 0.161 e. The summed E-state index contributed by atoms with van der Waals surface area (Å²) in [4.78, 5) is 0. The van der Waals surface area contributed by atoms with E-state index in [2.05, 4.69) is 6.58 Å². The van der Waals surface area contributed by atoms with Crippen molar-refractivity contribution in [3.8, 4) is 11.5 Å². The Bertz CT molecular complexity index is 394. The second-order valence-electron chi connectivity index (χ2n) is 3.61. The van der Waals surface area contributed by atoms with Crippen molar-refractivity contribution in [2.24, 2.45) is 0 Å². The Labute approximate surface area is 102 Å². The highest BCUT2D eigenvalue weighted by atomic mass is 16.5. The van der Waals surface area contributed by atoms with Gasteiger partial charge in [-0.25, -0.2) is 0 Å². The zero-order chi connectivity index (χ0) is 12.7. The first-order valence-corrected chi connectivity index (χ1v) is 5.45. The fourth-order valence-electron chi connectivity index (χ4n) is 1.31. The predicted octanol–water partition coefficient (Wildman–Crippen LogP) is 2.65. The molecule has 3 heteroatoms. The van der Waals surface area contributed by atoms with E-state index in [9.17, 15) is 0 Å². The summed E-state index contributed by atoms with van der Waals surface area (Å²) in [5, 5.41) is 9.16. The monoisotopic (exact) mass is 234 g/mol. The molecular formula is C14H18O3. The standard InChI is InChI=1S/C14H18O3/c1-4-9-17-13-8-7-12(6-5-11(2)15)10-14(13)16-3/h4-8,10-11,15H,1,9H2,2-3H3/b6-5+. The van der Waals surface area contributed by atoms with Crippen LogP contribution in [-0.4, -0.2) is 24.9 Å². The van der Waals surface area contributed by atoms with Crippen LogP contribution in [-0.2, 0) is 0 Å². The van der Waals surface area contributed by atoms with Gasteiger partial charge in [-0.1, -0.05) is 30.9 Å². The molecule has 0 aliphatic heterocycles. The first kappa shape index (κ1) is 13.3. The Hall–Kier alpha value is -1.74. The first-order valence-electron chi connectivity index (χ1n) is 5.45. The van der Waals surface area contributed by atoms with E-state index < -0.39 is 6.10 Å². The zero-order valence-corrected chi connectivity index (χ0v) is 10.2. The average molecular weight is 234 g/mol. The van der Waals surface area contributed by atoms with Crippen LogP contribution in [0.25, 0.3) is 6.08 Å². The minimum Gasteiger partial charge on any atom is -0.493 e. The van der Waals surface area contributed by atoms with Gasteiger partial charge in [0.2, 0.25) is 0 Å². The molecule has 0 amide bonds. The third-order valence-corrected chi connectivity index (χ3v) is 2.11. The van der Waals surface area contributed by atoms with Gasteiger partial charge in [0.25, 0.3) is 0 Å². The highest BCUT2D eigenvalue weighted by Gasteiger charge is 2.03. The molecule has 0 saturated heterocycles. The summed E-state index contributed by atoms with van der Waals surface area (Å²) in [7, 11) is 1.60. The molecule has 1 unspecified atom stereocenters. The molecule has 0 aliphatic rings. The maximum absolute atomic E-state index is 9.16. The van der Waals surface area contributed by atoms with Crippen molar-refractivity contribution in [2.45, 2.75) is 13.0 Å². The highest BCUT2D eigenvalue weighted by molar-refractivity contribution is 5.56. The molecule has 1 rings (SSSR count). The Morgan fingerprint density at radius 2 is 2.18 bits per heavy atom. The van der Waals surface area contributed by atoms with Crippen molar-refractivity contribution < 1.29 is 14.6 Å². The van der Waals surface area contributed by atoms with E-state index >= 15 is 0 Å². The molecule has 0 bridgehead atoms. The summed E-state index contributed by atoms with van der Waals surface area (Å²) in [6.45, 7) is 5.74. The van der Waals surface area contributed by atoms with Crippen molar-refractivity contribution >= 4 is 6.08 Å². The van der Waals surface area contributed by atoms with Crippen molar-refractivity contribution in [3.05, 3.63) is 42.5 Å².